The summed E-state index contributed by atoms with van der Waals surface area (Å²) in [6, 6.07) is 0. The van der Waals surface area contributed by atoms with Gasteiger partial charge in [0.2, 0.25) is 0 Å². The second kappa shape index (κ2) is 11.8. The van der Waals surface area contributed by atoms with Gasteiger partial charge in [-0.05, 0) is 115 Å². The zero-order valence-electron chi connectivity index (χ0n) is 23.4. The molecule has 0 bridgehead atoms. The minimum atomic E-state index is -1.28. The van der Waals surface area contributed by atoms with Crippen LogP contribution < -0.4 is 0 Å². The van der Waals surface area contributed by atoms with Crippen LogP contribution in [-0.2, 0) is 4.79 Å². The third kappa shape index (κ3) is 7.75. The number of rotatable bonds is 10. The first-order valence-electron chi connectivity index (χ1n) is 14.4. The largest absolute Gasteiger partial charge is 0.393 e. The molecule has 1 unspecified atom stereocenters. The molecule has 3 aliphatic rings. The zero-order chi connectivity index (χ0) is 26.7. The number of carbonyl (C=O) groups excluding carboxylic acids is 1. The molecule has 0 aromatic rings. The summed E-state index contributed by atoms with van der Waals surface area (Å²) < 4.78 is 0. The van der Waals surface area contributed by atoms with Crippen LogP contribution in [0.2, 0.25) is 0 Å². The monoisotopic (exact) mass is 504 g/mol. The molecule has 3 rings (SSSR count). The van der Waals surface area contributed by atoms with Crippen molar-refractivity contribution in [3.63, 3.8) is 0 Å². The highest BCUT2D eigenvalue weighted by Gasteiger charge is 2.51. The molecule has 4 N–H and O–H groups in total. The molecule has 0 aromatic heterocycles. The number of carbonyl (C=O) groups is 1. The SMILES string of the molecule is CC(C)(O)CCC[C@@H](CCC(=O)C(C)(C)O)[C@H]1CCC2/C(=C/C=C3C[C@@H](O)C[C@H](O)C3)CCC[C@@]21C. The number of aliphatic hydroxyl groups excluding tert-OH is 2. The van der Waals surface area contributed by atoms with Gasteiger partial charge in [0.05, 0.1) is 17.8 Å². The topological polar surface area (TPSA) is 98.0 Å². The van der Waals surface area contributed by atoms with E-state index in [1.54, 1.807) is 13.8 Å². The van der Waals surface area contributed by atoms with Crippen molar-refractivity contribution < 1.29 is 25.2 Å². The first-order valence-corrected chi connectivity index (χ1v) is 14.4. The summed E-state index contributed by atoms with van der Waals surface area (Å²) >= 11 is 0. The van der Waals surface area contributed by atoms with Gasteiger partial charge in [-0.15, -0.1) is 0 Å². The Morgan fingerprint density at radius 2 is 1.72 bits per heavy atom. The summed E-state index contributed by atoms with van der Waals surface area (Å²) in [5.74, 6) is 1.40. The standard InChI is InChI=1S/C31H52O5/c1-29(2,35)16-6-8-23(12-15-28(34)30(3,4)36)27-14-13-26-22(9-7-17-31(26,27)5)11-10-21-18-24(32)20-25(33)19-21/h10-11,23-27,32-33,35-36H,6-9,12-20H2,1-5H3/b22-11+/t23-,24+,25+,26?,27+,31-/m0/s1. The van der Waals surface area contributed by atoms with E-state index < -0.39 is 23.4 Å². The van der Waals surface area contributed by atoms with Crippen LogP contribution in [0.4, 0.5) is 0 Å². The van der Waals surface area contributed by atoms with Crippen LogP contribution in [0.1, 0.15) is 118 Å². The van der Waals surface area contributed by atoms with E-state index in [1.165, 1.54) is 24.8 Å². The van der Waals surface area contributed by atoms with Crippen LogP contribution >= 0.6 is 0 Å². The van der Waals surface area contributed by atoms with Crippen LogP contribution in [0.15, 0.2) is 23.3 Å². The first-order chi connectivity index (χ1) is 16.7. The number of hydrogen-bond donors (Lipinski definition) is 4. The van der Waals surface area contributed by atoms with Gasteiger partial charge in [0.25, 0.3) is 0 Å². The minimum absolute atomic E-state index is 0.0811. The minimum Gasteiger partial charge on any atom is -0.393 e. The Morgan fingerprint density at radius 3 is 2.33 bits per heavy atom. The summed E-state index contributed by atoms with van der Waals surface area (Å²) in [4.78, 5) is 12.6. The molecule has 5 heteroatoms. The van der Waals surface area contributed by atoms with Crippen molar-refractivity contribution in [3.05, 3.63) is 23.3 Å². The lowest BCUT2D eigenvalue weighted by molar-refractivity contribution is -0.134. The van der Waals surface area contributed by atoms with Gasteiger partial charge < -0.3 is 20.4 Å². The number of hydrogen-bond acceptors (Lipinski definition) is 5. The molecular weight excluding hydrogens is 452 g/mol. The molecule has 3 saturated carbocycles. The molecule has 6 atom stereocenters. The molecule has 0 aliphatic heterocycles. The van der Waals surface area contributed by atoms with E-state index in [1.807, 2.05) is 13.8 Å². The van der Waals surface area contributed by atoms with E-state index in [0.29, 0.717) is 43.4 Å². The van der Waals surface area contributed by atoms with Crippen molar-refractivity contribution in [2.45, 2.75) is 141 Å². The van der Waals surface area contributed by atoms with E-state index in [4.69, 9.17) is 0 Å². The quantitative estimate of drug-likeness (QED) is 0.309. The number of aliphatic hydroxyl groups is 4. The van der Waals surface area contributed by atoms with Gasteiger partial charge in [-0.25, -0.2) is 0 Å². The van der Waals surface area contributed by atoms with Gasteiger partial charge in [0.1, 0.15) is 5.60 Å². The second-order valence-electron chi connectivity index (χ2n) is 13.6. The number of allylic oxidation sites excluding steroid dienone is 3. The van der Waals surface area contributed by atoms with Gasteiger partial charge in [0.15, 0.2) is 5.78 Å². The molecule has 0 spiro atoms. The van der Waals surface area contributed by atoms with Crippen molar-refractivity contribution in [2.75, 3.05) is 0 Å². The fourth-order valence-electron chi connectivity index (χ4n) is 7.55. The molecular formula is C31H52O5. The van der Waals surface area contributed by atoms with Crippen molar-refractivity contribution in [3.8, 4) is 0 Å². The van der Waals surface area contributed by atoms with Gasteiger partial charge in [0, 0.05) is 6.42 Å². The Hall–Kier alpha value is -1.01. The summed E-state index contributed by atoms with van der Waals surface area (Å²) in [5, 5.41) is 40.6. The Labute approximate surface area is 219 Å². The maximum absolute atomic E-state index is 12.6. The lowest BCUT2D eigenvalue weighted by Crippen LogP contribution is -2.37. The highest BCUT2D eigenvalue weighted by molar-refractivity contribution is 5.86. The summed E-state index contributed by atoms with van der Waals surface area (Å²) in [7, 11) is 0. The highest BCUT2D eigenvalue weighted by Crippen LogP contribution is 2.60. The highest BCUT2D eigenvalue weighted by atomic mass is 16.3. The van der Waals surface area contributed by atoms with E-state index >= 15 is 0 Å². The Morgan fingerprint density at radius 1 is 1.06 bits per heavy atom. The summed E-state index contributed by atoms with van der Waals surface area (Å²) in [6.07, 6.45) is 15.1. The van der Waals surface area contributed by atoms with Crippen LogP contribution in [0.3, 0.4) is 0 Å². The van der Waals surface area contributed by atoms with Gasteiger partial charge in [-0.2, -0.15) is 0 Å². The molecule has 36 heavy (non-hydrogen) atoms. The van der Waals surface area contributed by atoms with Gasteiger partial charge in [-0.1, -0.05) is 43.1 Å². The maximum atomic E-state index is 12.6. The molecule has 3 aliphatic carbocycles. The van der Waals surface area contributed by atoms with Gasteiger partial charge >= 0.3 is 0 Å². The van der Waals surface area contributed by atoms with Crippen LogP contribution in [-0.4, -0.2) is 49.6 Å². The maximum Gasteiger partial charge on any atom is 0.163 e. The fraction of sp³-hybridized carbons (Fsp3) is 0.839. The van der Waals surface area contributed by atoms with E-state index in [9.17, 15) is 25.2 Å². The van der Waals surface area contributed by atoms with Crippen LogP contribution in [0, 0.1) is 23.2 Å². The molecule has 0 aromatic carbocycles. The summed E-state index contributed by atoms with van der Waals surface area (Å²) in [5.41, 5.74) is 0.894. The number of fused-ring (bicyclic) bond motifs is 1. The smallest absolute Gasteiger partial charge is 0.163 e. The lowest BCUT2D eigenvalue weighted by Gasteiger charge is -2.45. The molecule has 0 heterocycles. The molecule has 3 fully saturated rings. The average molecular weight is 505 g/mol. The third-order valence-corrected chi connectivity index (χ3v) is 9.47. The summed E-state index contributed by atoms with van der Waals surface area (Å²) in [6.45, 7) is 9.36. The van der Waals surface area contributed by atoms with E-state index in [0.717, 1.165) is 44.1 Å². The molecule has 0 amide bonds. The molecule has 0 radical (unpaired) electrons. The lowest BCUT2D eigenvalue weighted by atomic mass is 9.60. The van der Waals surface area contributed by atoms with Crippen molar-refractivity contribution >= 4 is 5.78 Å². The van der Waals surface area contributed by atoms with Crippen LogP contribution in [0.25, 0.3) is 0 Å². The van der Waals surface area contributed by atoms with Gasteiger partial charge in [-0.3, -0.25) is 4.79 Å². The van der Waals surface area contributed by atoms with Crippen molar-refractivity contribution in [1.82, 2.24) is 0 Å². The fourth-order valence-corrected chi connectivity index (χ4v) is 7.55. The zero-order valence-corrected chi connectivity index (χ0v) is 23.4. The van der Waals surface area contributed by atoms with Crippen LogP contribution in [0.5, 0.6) is 0 Å². The third-order valence-electron chi connectivity index (χ3n) is 9.47. The van der Waals surface area contributed by atoms with Crippen molar-refractivity contribution in [1.29, 1.82) is 0 Å². The average Bonchev–Trinajstić information content (AvgIpc) is 3.09. The predicted molar refractivity (Wildman–Crippen MR) is 144 cm³/mol. The Bertz CT molecular complexity index is 802. The normalized spacial score (nSPS) is 33.5. The van der Waals surface area contributed by atoms with E-state index in [2.05, 4.69) is 19.1 Å². The second-order valence-corrected chi connectivity index (χ2v) is 13.6. The number of Topliss-reactive ketones (excluding diaryl/α,β-unsaturated/α-hetero) is 1. The molecule has 5 nitrogen and oxygen atoms in total. The Balaban J connectivity index is 1.76. The predicted octanol–water partition coefficient (Wildman–Crippen LogP) is 5.64. The Kier molecular flexibility index (Phi) is 9.68. The van der Waals surface area contributed by atoms with E-state index in [-0.39, 0.29) is 11.2 Å². The molecule has 0 saturated heterocycles. The molecule has 206 valence electrons. The number of ketones is 1. The first kappa shape index (κ1) is 29.5. The van der Waals surface area contributed by atoms with Crippen molar-refractivity contribution in [2.24, 2.45) is 23.2 Å².